The van der Waals surface area contributed by atoms with E-state index in [1.54, 1.807) is 24.3 Å². The van der Waals surface area contributed by atoms with Crippen LogP contribution < -0.4 is 15.0 Å². The van der Waals surface area contributed by atoms with Gasteiger partial charge in [-0.1, -0.05) is 37.1 Å². The van der Waals surface area contributed by atoms with Crippen molar-refractivity contribution in [1.29, 1.82) is 0 Å². The Hall–Kier alpha value is -2.93. The van der Waals surface area contributed by atoms with E-state index in [9.17, 15) is 18.7 Å². The highest BCUT2D eigenvalue weighted by atomic mass is 19.1. The molecule has 1 aliphatic heterocycles. The fraction of sp³-hybridized carbons (Fsp3) is 0.318. The van der Waals surface area contributed by atoms with Gasteiger partial charge in [-0.15, -0.1) is 0 Å². The highest BCUT2D eigenvalue weighted by Gasteiger charge is 2.30. The Morgan fingerprint density at radius 2 is 1.86 bits per heavy atom. The Morgan fingerprint density at radius 3 is 2.66 bits per heavy atom. The lowest BCUT2D eigenvalue weighted by atomic mass is 9.92. The highest BCUT2D eigenvalue weighted by molar-refractivity contribution is 5.93. The number of halogens is 2. The number of amides is 1. The number of aliphatic hydroxyl groups excluding tert-OH is 1. The molecule has 0 saturated heterocycles. The van der Waals surface area contributed by atoms with E-state index in [1.165, 1.54) is 29.3 Å². The first-order valence-corrected chi connectivity index (χ1v) is 9.70. The molecule has 2 N–H and O–H groups in total. The lowest BCUT2D eigenvalue weighted by molar-refractivity contribution is -0.121. The van der Waals surface area contributed by atoms with E-state index in [-0.39, 0.29) is 29.8 Å². The number of aliphatic hydroxyl groups is 1. The number of ether oxygens (including phenoxy) is 1. The van der Waals surface area contributed by atoms with E-state index in [0.717, 1.165) is 12.8 Å². The minimum Gasteiger partial charge on any atom is -0.448 e. The van der Waals surface area contributed by atoms with Crippen molar-refractivity contribution in [3.63, 3.8) is 0 Å². The van der Waals surface area contributed by atoms with Crippen LogP contribution in [0, 0.1) is 11.6 Å². The zero-order chi connectivity index (χ0) is 20.4. The van der Waals surface area contributed by atoms with Gasteiger partial charge in [0.1, 0.15) is 11.5 Å². The third-order valence-corrected chi connectivity index (χ3v) is 5.30. The molecule has 1 saturated carbocycles. The maximum absolute atomic E-state index is 14.5. The molecule has 0 unspecified atom stereocenters. The van der Waals surface area contributed by atoms with Crippen molar-refractivity contribution in [2.24, 2.45) is 0 Å². The zero-order valence-corrected chi connectivity index (χ0v) is 15.8. The first kappa shape index (κ1) is 19.4. The summed E-state index contributed by atoms with van der Waals surface area (Å²) in [5, 5.41) is 12.9. The summed E-state index contributed by atoms with van der Waals surface area (Å²) in [7, 11) is 0. The summed E-state index contributed by atoms with van der Waals surface area (Å²) in [6, 6.07) is 10.2. The monoisotopic (exact) mass is 400 g/mol. The second-order valence-electron chi connectivity index (χ2n) is 7.33. The van der Waals surface area contributed by atoms with Crippen LogP contribution in [0.2, 0.25) is 0 Å². The van der Waals surface area contributed by atoms with Crippen LogP contribution in [-0.4, -0.2) is 23.2 Å². The number of nitrogens with one attached hydrogen (secondary N) is 1. The third kappa shape index (κ3) is 4.10. The summed E-state index contributed by atoms with van der Waals surface area (Å²) in [5.41, 5.74) is 0.507. The van der Waals surface area contributed by atoms with Crippen LogP contribution in [0.1, 0.15) is 31.2 Å². The van der Waals surface area contributed by atoms with Crippen molar-refractivity contribution in [1.82, 2.24) is 5.32 Å². The van der Waals surface area contributed by atoms with Gasteiger partial charge in [0.15, 0.2) is 11.6 Å². The maximum Gasteiger partial charge on any atom is 0.288 e. The van der Waals surface area contributed by atoms with Crippen molar-refractivity contribution >= 4 is 11.6 Å². The average Bonchev–Trinajstić information content (AvgIpc) is 2.71. The SMILES string of the molecule is O=C(N[C@H]1CCCC[C@@H]1O)C1=CN(Cc2ccccc2F)c2c(F)cccc2O1. The lowest BCUT2D eigenvalue weighted by Crippen LogP contribution is -2.46. The summed E-state index contributed by atoms with van der Waals surface area (Å²) in [6.07, 6.45) is 3.95. The number of fused-ring (bicyclic) bond motifs is 1. The number of para-hydroxylation sites is 1. The summed E-state index contributed by atoms with van der Waals surface area (Å²) < 4.78 is 34.3. The largest absolute Gasteiger partial charge is 0.448 e. The number of carbonyl (C=O) groups is 1. The van der Waals surface area contributed by atoms with E-state index in [1.807, 2.05) is 0 Å². The highest BCUT2D eigenvalue weighted by Crippen LogP contribution is 2.37. The van der Waals surface area contributed by atoms with Gasteiger partial charge >= 0.3 is 0 Å². The molecule has 0 bridgehead atoms. The zero-order valence-electron chi connectivity index (χ0n) is 15.8. The molecule has 152 valence electrons. The summed E-state index contributed by atoms with van der Waals surface area (Å²) in [5.74, 6) is -1.29. The Morgan fingerprint density at radius 1 is 1.10 bits per heavy atom. The molecule has 2 atom stereocenters. The van der Waals surface area contributed by atoms with E-state index >= 15 is 0 Å². The van der Waals surface area contributed by atoms with Gasteiger partial charge in [0.25, 0.3) is 5.91 Å². The van der Waals surface area contributed by atoms with Crippen molar-refractivity contribution in [3.8, 4) is 5.75 Å². The molecule has 7 heteroatoms. The van der Waals surface area contributed by atoms with E-state index in [0.29, 0.717) is 18.4 Å². The number of nitrogens with zero attached hydrogens (tertiary/aromatic N) is 1. The molecule has 4 rings (SSSR count). The third-order valence-electron chi connectivity index (χ3n) is 5.30. The fourth-order valence-corrected chi connectivity index (χ4v) is 3.77. The first-order valence-electron chi connectivity index (χ1n) is 9.70. The molecular formula is C22H22F2N2O3. The number of hydrogen-bond acceptors (Lipinski definition) is 4. The van der Waals surface area contributed by atoms with Crippen molar-refractivity contribution in [3.05, 3.63) is 71.6 Å². The molecular weight excluding hydrogens is 378 g/mol. The summed E-state index contributed by atoms with van der Waals surface area (Å²) >= 11 is 0. The number of benzene rings is 2. The molecule has 0 aromatic heterocycles. The van der Waals surface area contributed by atoms with Gasteiger partial charge in [-0.3, -0.25) is 4.79 Å². The molecule has 1 fully saturated rings. The number of hydrogen-bond donors (Lipinski definition) is 2. The van der Waals surface area contributed by atoms with Crippen LogP contribution in [0.25, 0.3) is 0 Å². The molecule has 2 aliphatic rings. The second-order valence-corrected chi connectivity index (χ2v) is 7.33. The smallest absolute Gasteiger partial charge is 0.288 e. The van der Waals surface area contributed by atoms with Crippen LogP contribution in [0.4, 0.5) is 14.5 Å². The van der Waals surface area contributed by atoms with Gasteiger partial charge in [-0.05, 0) is 31.0 Å². The molecule has 5 nitrogen and oxygen atoms in total. The average molecular weight is 400 g/mol. The standard InChI is InChI=1S/C22H22F2N2O3/c23-15-7-2-1-6-14(15)12-26-13-20(29-19-11-5-8-16(24)21(19)26)22(28)25-17-9-3-4-10-18(17)27/h1-2,5-8,11,13,17-18,27H,3-4,9-10,12H2,(H,25,28)/t17-,18-/m0/s1. The Balaban J connectivity index is 1.62. The Labute approximate surface area is 167 Å². The van der Waals surface area contributed by atoms with Gasteiger partial charge in [0, 0.05) is 5.56 Å². The molecule has 29 heavy (non-hydrogen) atoms. The summed E-state index contributed by atoms with van der Waals surface area (Å²) in [6.45, 7) is 0.0345. The minimum absolute atomic E-state index is 0.0304. The van der Waals surface area contributed by atoms with E-state index in [2.05, 4.69) is 5.32 Å². The molecule has 1 heterocycles. The van der Waals surface area contributed by atoms with Gasteiger partial charge < -0.3 is 20.1 Å². The van der Waals surface area contributed by atoms with Crippen molar-refractivity contribution in [2.45, 2.75) is 44.4 Å². The molecule has 2 aromatic carbocycles. The topological polar surface area (TPSA) is 61.8 Å². The van der Waals surface area contributed by atoms with Gasteiger partial charge in [0.05, 0.1) is 24.9 Å². The van der Waals surface area contributed by atoms with Gasteiger partial charge in [-0.25, -0.2) is 8.78 Å². The first-order chi connectivity index (χ1) is 14.0. The van der Waals surface area contributed by atoms with Crippen LogP contribution in [-0.2, 0) is 11.3 Å². The molecule has 1 aliphatic carbocycles. The normalized spacial score (nSPS) is 21.1. The number of rotatable bonds is 4. The van der Waals surface area contributed by atoms with E-state index in [4.69, 9.17) is 4.74 Å². The van der Waals surface area contributed by atoms with Crippen LogP contribution in [0.5, 0.6) is 5.75 Å². The van der Waals surface area contributed by atoms with Crippen LogP contribution >= 0.6 is 0 Å². The lowest BCUT2D eigenvalue weighted by Gasteiger charge is -2.31. The molecule has 0 radical (unpaired) electrons. The fourth-order valence-electron chi connectivity index (χ4n) is 3.77. The predicted octanol–water partition coefficient (Wildman–Crippen LogP) is 3.62. The Bertz CT molecular complexity index is 947. The van der Waals surface area contributed by atoms with Crippen molar-refractivity contribution < 1.29 is 23.4 Å². The number of carbonyl (C=O) groups excluding carboxylic acids is 1. The predicted molar refractivity (Wildman–Crippen MR) is 104 cm³/mol. The summed E-state index contributed by atoms with van der Waals surface area (Å²) in [4.78, 5) is 14.2. The van der Waals surface area contributed by atoms with Crippen LogP contribution in [0.3, 0.4) is 0 Å². The molecule has 1 amide bonds. The van der Waals surface area contributed by atoms with E-state index < -0.39 is 23.6 Å². The van der Waals surface area contributed by atoms with Crippen LogP contribution in [0.15, 0.2) is 54.4 Å². The van der Waals surface area contributed by atoms with Gasteiger partial charge in [0.2, 0.25) is 5.76 Å². The minimum atomic E-state index is -0.601. The van der Waals surface area contributed by atoms with Crippen molar-refractivity contribution in [2.75, 3.05) is 4.90 Å². The Kier molecular flexibility index (Phi) is 5.49. The molecule has 2 aromatic rings. The second kappa shape index (κ2) is 8.21. The van der Waals surface area contributed by atoms with Gasteiger partial charge in [-0.2, -0.15) is 0 Å². The maximum atomic E-state index is 14.5. The number of anilines is 1. The molecule has 0 spiro atoms. The quantitative estimate of drug-likeness (QED) is 0.823.